The molecule has 0 saturated heterocycles. The lowest BCUT2D eigenvalue weighted by molar-refractivity contribution is 0.0954. The van der Waals surface area contributed by atoms with E-state index in [-0.39, 0.29) is 18.2 Å². The summed E-state index contributed by atoms with van der Waals surface area (Å²) in [7, 11) is -3.34. The van der Waals surface area contributed by atoms with Crippen LogP contribution in [0.4, 0.5) is 11.4 Å². The van der Waals surface area contributed by atoms with E-state index in [2.05, 4.69) is 10.6 Å². The molecule has 144 valence electrons. The highest BCUT2D eigenvalue weighted by Crippen LogP contribution is 2.20. The molecule has 0 atom stereocenters. The van der Waals surface area contributed by atoms with Crippen LogP contribution in [0.2, 0.25) is 0 Å². The number of benzene rings is 3. The Labute approximate surface area is 165 Å². The molecule has 28 heavy (non-hydrogen) atoms. The molecular weight excluding hydrogens is 372 g/mol. The summed E-state index contributed by atoms with van der Waals surface area (Å²) in [5.41, 5.74) is 2.09. The third kappa shape index (κ3) is 5.20. The standard InChI is InChI=1S/C22H22N2O3S/c25-22(23-16-9-17-28(26,27)19-12-5-2-6-13-19)20-14-7-8-15-21(20)24-18-10-3-1-4-11-18/h1-8,10-15,24H,9,16-17H2,(H,23,25). The maximum absolute atomic E-state index is 12.5. The number of carbonyl (C=O) groups excluding carboxylic acids is 1. The van der Waals surface area contributed by atoms with Crippen molar-refractivity contribution in [2.24, 2.45) is 0 Å². The van der Waals surface area contributed by atoms with E-state index in [1.54, 1.807) is 42.5 Å². The van der Waals surface area contributed by atoms with Crippen molar-refractivity contribution >= 4 is 27.1 Å². The predicted octanol–water partition coefficient (Wildman–Crippen LogP) is 4.02. The van der Waals surface area contributed by atoms with Crippen molar-refractivity contribution in [3.05, 3.63) is 90.5 Å². The minimum Gasteiger partial charge on any atom is -0.355 e. The van der Waals surface area contributed by atoms with Gasteiger partial charge in [-0.1, -0.05) is 48.5 Å². The fraction of sp³-hybridized carbons (Fsp3) is 0.136. The van der Waals surface area contributed by atoms with E-state index >= 15 is 0 Å². The van der Waals surface area contributed by atoms with Gasteiger partial charge in [-0.2, -0.15) is 0 Å². The van der Waals surface area contributed by atoms with Crippen molar-refractivity contribution in [3.63, 3.8) is 0 Å². The Morgan fingerprint density at radius 1 is 0.786 bits per heavy atom. The van der Waals surface area contributed by atoms with Gasteiger partial charge in [-0.15, -0.1) is 0 Å². The first-order chi connectivity index (χ1) is 13.6. The predicted molar refractivity (Wildman–Crippen MR) is 112 cm³/mol. The third-order valence-electron chi connectivity index (χ3n) is 4.20. The smallest absolute Gasteiger partial charge is 0.253 e. The Balaban J connectivity index is 1.57. The van der Waals surface area contributed by atoms with Crippen molar-refractivity contribution in [1.29, 1.82) is 0 Å². The summed E-state index contributed by atoms with van der Waals surface area (Å²) in [6.45, 7) is 0.282. The van der Waals surface area contributed by atoms with E-state index in [0.29, 0.717) is 22.6 Å². The first-order valence-corrected chi connectivity index (χ1v) is 10.7. The topological polar surface area (TPSA) is 75.3 Å². The summed E-state index contributed by atoms with van der Waals surface area (Å²) >= 11 is 0. The molecular formula is C22H22N2O3S. The summed E-state index contributed by atoms with van der Waals surface area (Å²) in [5.74, 6) is -0.252. The molecule has 5 nitrogen and oxygen atoms in total. The van der Waals surface area contributed by atoms with Crippen molar-refractivity contribution in [2.75, 3.05) is 17.6 Å². The van der Waals surface area contributed by atoms with Crippen LogP contribution >= 0.6 is 0 Å². The number of amides is 1. The number of hydrogen-bond donors (Lipinski definition) is 2. The lowest BCUT2D eigenvalue weighted by Gasteiger charge is -2.12. The van der Waals surface area contributed by atoms with Crippen molar-refractivity contribution in [2.45, 2.75) is 11.3 Å². The van der Waals surface area contributed by atoms with E-state index in [4.69, 9.17) is 0 Å². The Morgan fingerprint density at radius 2 is 1.39 bits per heavy atom. The van der Waals surface area contributed by atoms with Crippen LogP contribution in [0.15, 0.2) is 89.8 Å². The second-order valence-electron chi connectivity index (χ2n) is 6.28. The van der Waals surface area contributed by atoms with E-state index in [9.17, 15) is 13.2 Å². The van der Waals surface area contributed by atoms with Crippen LogP contribution in [-0.2, 0) is 9.84 Å². The van der Waals surface area contributed by atoms with E-state index in [1.807, 2.05) is 42.5 Å². The molecule has 0 aromatic heterocycles. The lowest BCUT2D eigenvalue weighted by atomic mass is 10.1. The molecule has 6 heteroatoms. The molecule has 3 aromatic carbocycles. The molecule has 0 heterocycles. The highest BCUT2D eigenvalue weighted by molar-refractivity contribution is 7.91. The zero-order chi connectivity index (χ0) is 19.8. The Morgan fingerprint density at radius 3 is 2.11 bits per heavy atom. The van der Waals surface area contributed by atoms with Crippen LogP contribution < -0.4 is 10.6 Å². The first-order valence-electron chi connectivity index (χ1n) is 9.03. The number of carbonyl (C=O) groups is 1. The average molecular weight is 394 g/mol. The molecule has 2 N–H and O–H groups in total. The second-order valence-corrected chi connectivity index (χ2v) is 8.39. The van der Waals surface area contributed by atoms with Gasteiger partial charge < -0.3 is 10.6 Å². The molecule has 0 unspecified atom stereocenters. The summed E-state index contributed by atoms with van der Waals surface area (Å²) in [4.78, 5) is 12.9. The molecule has 3 rings (SSSR count). The normalized spacial score (nSPS) is 11.0. The van der Waals surface area contributed by atoms with Crippen LogP contribution in [0.25, 0.3) is 0 Å². The van der Waals surface area contributed by atoms with Gasteiger partial charge in [-0.05, 0) is 42.8 Å². The molecule has 0 fully saturated rings. The molecule has 0 spiro atoms. The van der Waals surface area contributed by atoms with Crippen LogP contribution in [0.5, 0.6) is 0 Å². The number of nitrogens with one attached hydrogen (secondary N) is 2. The summed E-state index contributed by atoms with van der Waals surface area (Å²) in [5, 5.41) is 6.04. The Bertz CT molecular complexity index is 1020. The van der Waals surface area contributed by atoms with Gasteiger partial charge in [0.2, 0.25) is 0 Å². The fourth-order valence-corrected chi connectivity index (χ4v) is 4.10. The minimum absolute atomic E-state index is 0.0127. The molecule has 0 aliphatic carbocycles. The summed E-state index contributed by atoms with van der Waals surface area (Å²) < 4.78 is 24.6. The molecule has 3 aromatic rings. The van der Waals surface area contributed by atoms with Crippen LogP contribution in [-0.4, -0.2) is 26.6 Å². The maximum Gasteiger partial charge on any atom is 0.253 e. The molecule has 1 amide bonds. The maximum atomic E-state index is 12.5. The van der Waals surface area contributed by atoms with Crippen molar-refractivity contribution in [1.82, 2.24) is 5.32 Å². The highest BCUT2D eigenvalue weighted by Gasteiger charge is 2.14. The van der Waals surface area contributed by atoms with E-state index in [1.165, 1.54) is 0 Å². The first kappa shape index (κ1) is 19.6. The van der Waals surface area contributed by atoms with Gasteiger partial charge in [-0.3, -0.25) is 4.79 Å². The quantitative estimate of drug-likeness (QED) is 0.566. The Hall–Kier alpha value is -3.12. The number of rotatable bonds is 8. The summed E-state index contributed by atoms with van der Waals surface area (Å²) in [6.07, 6.45) is 0.344. The van der Waals surface area contributed by atoms with Crippen LogP contribution in [0, 0.1) is 0 Å². The van der Waals surface area contributed by atoms with Gasteiger partial charge in [0.15, 0.2) is 9.84 Å². The number of hydrogen-bond acceptors (Lipinski definition) is 4. The zero-order valence-electron chi connectivity index (χ0n) is 15.3. The van der Waals surface area contributed by atoms with Crippen molar-refractivity contribution in [3.8, 4) is 0 Å². The van der Waals surface area contributed by atoms with E-state index < -0.39 is 9.84 Å². The Kier molecular flexibility index (Phi) is 6.45. The van der Waals surface area contributed by atoms with Gasteiger partial charge in [0.1, 0.15) is 0 Å². The molecule has 0 aliphatic heterocycles. The second kappa shape index (κ2) is 9.19. The van der Waals surface area contributed by atoms with Gasteiger partial charge >= 0.3 is 0 Å². The molecule has 0 radical (unpaired) electrons. The minimum atomic E-state index is -3.34. The monoisotopic (exact) mass is 394 g/mol. The van der Waals surface area contributed by atoms with Gasteiger partial charge in [0.25, 0.3) is 5.91 Å². The van der Waals surface area contributed by atoms with Crippen molar-refractivity contribution < 1.29 is 13.2 Å². The molecule has 0 saturated carbocycles. The average Bonchev–Trinajstić information content (AvgIpc) is 2.73. The highest BCUT2D eigenvalue weighted by atomic mass is 32.2. The largest absolute Gasteiger partial charge is 0.355 e. The zero-order valence-corrected chi connectivity index (χ0v) is 16.2. The molecule has 0 bridgehead atoms. The van der Waals surface area contributed by atoms with Crippen LogP contribution in [0.3, 0.4) is 0 Å². The van der Waals surface area contributed by atoms with Gasteiger partial charge in [-0.25, -0.2) is 8.42 Å². The fourth-order valence-electron chi connectivity index (χ4n) is 2.77. The number of para-hydroxylation sites is 2. The van der Waals surface area contributed by atoms with Gasteiger partial charge in [0.05, 0.1) is 21.9 Å². The van der Waals surface area contributed by atoms with Crippen LogP contribution in [0.1, 0.15) is 16.8 Å². The lowest BCUT2D eigenvalue weighted by Crippen LogP contribution is -2.26. The van der Waals surface area contributed by atoms with E-state index in [0.717, 1.165) is 5.69 Å². The summed E-state index contributed by atoms with van der Waals surface area (Å²) in [6, 6.07) is 25.2. The van der Waals surface area contributed by atoms with Gasteiger partial charge in [0, 0.05) is 12.2 Å². The SMILES string of the molecule is O=C(NCCCS(=O)(=O)c1ccccc1)c1ccccc1Nc1ccccc1. The third-order valence-corrected chi connectivity index (χ3v) is 6.02. The molecule has 0 aliphatic rings. The number of sulfone groups is 1. The number of anilines is 2.